The molecule has 156 valence electrons. The number of anilines is 1. The topological polar surface area (TPSA) is 88.9 Å². The molecule has 4 rings (SSSR count). The van der Waals surface area contributed by atoms with E-state index in [9.17, 15) is 14.4 Å². The van der Waals surface area contributed by atoms with Crippen molar-refractivity contribution in [3.05, 3.63) is 102 Å². The molecule has 0 radical (unpaired) electrons. The van der Waals surface area contributed by atoms with Crippen molar-refractivity contribution >= 4 is 46.3 Å². The zero-order chi connectivity index (χ0) is 22.1. The molecule has 0 fully saturated rings. The number of H-pyrrole nitrogens is 1. The molecule has 2 aromatic heterocycles. The number of aromatic nitrogens is 3. The summed E-state index contributed by atoms with van der Waals surface area (Å²) in [6, 6.07) is 14.9. The van der Waals surface area contributed by atoms with Gasteiger partial charge in [-0.1, -0.05) is 29.8 Å². The number of hydrogen-bond donors (Lipinski definition) is 2. The van der Waals surface area contributed by atoms with Crippen molar-refractivity contribution in [3.8, 4) is 0 Å². The molecule has 31 heavy (non-hydrogen) atoms. The second-order valence-corrected chi connectivity index (χ2v) is 7.78. The van der Waals surface area contributed by atoms with Crippen LogP contribution in [0.5, 0.6) is 0 Å². The van der Waals surface area contributed by atoms with Gasteiger partial charge in [0.05, 0.1) is 23.1 Å². The highest BCUT2D eigenvalue weighted by Gasteiger charge is 2.11. The highest BCUT2D eigenvalue weighted by Crippen LogP contribution is 2.17. The van der Waals surface area contributed by atoms with E-state index in [0.29, 0.717) is 27.2 Å². The Hall–Kier alpha value is -3.49. The van der Waals surface area contributed by atoms with Gasteiger partial charge in [-0.2, -0.15) is 0 Å². The van der Waals surface area contributed by atoms with Crippen molar-refractivity contribution < 1.29 is 4.79 Å². The van der Waals surface area contributed by atoms with E-state index in [1.54, 1.807) is 37.5 Å². The van der Waals surface area contributed by atoms with Gasteiger partial charge in [0, 0.05) is 29.9 Å². The summed E-state index contributed by atoms with van der Waals surface area (Å²) in [6.07, 6.45) is 1.56. The number of pyridine rings is 1. The monoisotopic (exact) mass is 452 g/mol. The first-order valence-electron chi connectivity index (χ1n) is 9.32. The SMILES string of the molecule is Cn1c(=S)[nH]c2cc(C(=O)Nc3ccc(=O)n(Cc4ccccc4Cl)c3)ccc2c1=O. The number of benzene rings is 2. The van der Waals surface area contributed by atoms with E-state index < -0.39 is 0 Å². The van der Waals surface area contributed by atoms with Crippen molar-refractivity contribution in [2.24, 2.45) is 7.05 Å². The molecule has 0 aliphatic carbocycles. The van der Waals surface area contributed by atoms with Gasteiger partial charge in [0.2, 0.25) is 0 Å². The summed E-state index contributed by atoms with van der Waals surface area (Å²) in [6.45, 7) is 0.276. The minimum atomic E-state index is -0.384. The number of rotatable bonds is 4. The van der Waals surface area contributed by atoms with Crippen LogP contribution in [0.1, 0.15) is 15.9 Å². The average Bonchev–Trinajstić information content (AvgIpc) is 2.75. The van der Waals surface area contributed by atoms with Gasteiger partial charge in [-0.15, -0.1) is 0 Å². The average molecular weight is 453 g/mol. The van der Waals surface area contributed by atoms with Crippen LogP contribution in [0.25, 0.3) is 10.9 Å². The summed E-state index contributed by atoms with van der Waals surface area (Å²) < 4.78 is 3.07. The number of fused-ring (bicyclic) bond motifs is 1. The number of halogens is 1. The fourth-order valence-electron chi connectivity index (χ4n) is 3.19. The lowest BCUT2D eigenvalue weighted by atomic mass is 10.1. The van der Waals surface area contributed by atoms with Crippen molar-refractivity contribution in [2.75, 3.05) is 5.32 Å². The predicted molar refractivity (Wildman–Crippen MR) is 124 cm³/mol. The number of carbonyl (C=O) groups excluding carboxylic acids is 1. The Kier molecular flexibility index (Phi) is 5.58. The van der Waals surface area contributed by atoms with Gasteiger partial charge in [0.25, 0.3) is 17.0 Å². The van der Waals surface area contributed by atoms with Gasteiger partial charge >= 0.3 is 0 Å². The van der Waals surface area contributed by atoms with Crippen LogP contribution in [-0.4, -0.2) is 20.0 Å². The van der Waals surface area contributed by atoms with Gasteiger partial charge < -0.3 is 14.9 Å². The van der Waals surface area contributed by atoms with Crippen LogP contribution in [0.15, 0.2) is 70.4 Å². The summed E-state index contributed by atoms with van der Waals surface area (Å²) in [7, 11) is 1.58. The highest BCUT2D eigenvalue weighted by molar-refractivity contribution is 7.71. The molecule has 9 heteroatoms. The number of aromatic amines is 1. The summed E-state index contributed by atoms with van der Waals surface area (Å²) in [4.78, 5) is 40.2. The van der Waals surface area contributed by atoms with Gasteiger partial charge in [0.1, 0.15) is 0 Å². The van der Waals surface area contributed by atoms with Crippen LogP contribution in [0, 0.1) is 4.77 Å². The predicted octanol–water partition coefficient (Wildman–Crippen LogP) is 3.71. The molecule has 7 nitrogen and oxygen atoms in total. The Labute approximate surface area is 186 Å². The van der Waals surface area contributed by atoms with Gasteiger partial charge in [-0.3, -0.25) is 19.0 Å². The zero-order valence-corrected chi connectivity index (χ0v) is 18.0. The smallest absolute Gasteiger partial charge is 0.261 e. The maximum atomic E-state index is 12.8. The normalized spacial score (nSPS) is 10.9. The number of nitrogens with one attached hydrogen (secondary N) is 2. The molecule has 0 saturated carbocycles. The molecule has 0 saturated heterocycles. The molecule has 0 aliphatic rings. The number of carbonyl (C=O) groups is 1. The second-order valence-electron chi connectivity index (χ2n) is 6.98. The first-order chi connectivity index (χ1) is 14.8. The van der Waals surface area contributed by atoms with Crippen molar-refractivity contribution in [2.45, 2.75) is 6.54 Å². The maximum absolute atomic E-state index is 12.8. The van der Waals surface area contributed by atoms with Crippen LogP contribution in [0.2, 0.25) is 5.02 Å². The van der Waals surface area contributed by atoms with E-state index in [0.717, 1.165) is 5.56 Å². The fourth-order valence-corrected chi connectivity index (χ4v) is 3.58. The zero-order valence-electron chi connectivity index (χ0n) is 16.4. The highest BCUT2D eigenvalue weighted by atomic mass is 35.5. The van der Waals surface area contributed by atoms with Crippen LogP contribution in [-0.2, 0) is 13.6 Å². The third kappa shape index (κ3) is 4.21. The largest absolute Gasteiger partial charge is 0.332 e. The van der Waals surface area contributed by atoms with Gasteiger partial charge in [-0.25, -0.2) is 0 Å². The molecule has 0 atom stereocenters. The lowest BCUT2D eigenvalue weighted by Gasteiger charge is -2.11. The van der Waals surface area contributed by atoms with E-state index >= 15 is 0 Å². The lowest BCUT2D eigenvalue weighted by molar-refractivity contribution is 0.102. The molecular weight excluding hydrogens is 436 g/mol. The van der Waals surface area contributed by atoms with Gasteiger partial charge in [0.15, 0.2) is 4.77 Å². The summed E-state index contributed by atoms with van der Waals surface area (Å²) in [5.41, 5.74) is 1.61. The van der Waals surface area contributed by atoms with Crippen molar-refractivity contribution in [1.82, 2.24) is 14.1 Å². The second kappa shape index (κ2) is 8.33. The molecule has 2 aromatic carbocycles. The van der Waals surface area contributed by atoms with Crippen LogP contribution in [0.4, 0.5) is 5.69 Å². The molecule has 2 heterocycles. The first kappa shape index (κ1) is 20.8. The number of hydrogen-bond acceptors (Lipinski definition) is 4. The Bertz CT molecular complexity index is 1500. The van der Waals surface area contributed by atoms with Crippen LogP contribution < -0.4 is 16.4 Å². The third-order valence-corrected chi connectivity index (χ3v) is 5.65. The molecule has 0 bridgehead atoms. The Morgan fingerprint density at radius 2 is 1.90 bits per heavy atom. The third-order valence-electron chi connectivity index (χ3n) is 4.90. The minimum absolute atomic E-state index is 0.216. The Morgan fingerprint density at radius 1 is 1.13 bits per heavy atom. The molecule has 4 aromatic rings. The Morgan fingerprint density at radius 3 is 2.68 bits per heavy atom. The van der Waals surface area contributed by atoms with E-state index in [2.05, 4.69) is 10.3 Å². The summed E-state index contributed by atoms with van der Waals surface area (Å²) in [5.74, 6) is -0.384. The molecule has 2 N–H and O–H groups in total. The molecule has 0 aliphatic heterocycles. The first-order valence-corrected chi connectivity index (χ1v) is 10.1. The maximum Gasteiger partial charge on any atom is 0.261 e. The number of amides is 1. The van der Waals surface area contributed by atoms with E-state index in [-0.39, 0.29) is 28.3 Å². The van der Waals surface area contributed by atoms with E-state index in [1.165, 1.54) is 21.3 Å². The van der Waals surface area contributed by atoms with Gasteiger partial charge in [-0.05, 0) is 48.1 Å². The summed E-state index contributed by atoms with van der Waals surface area (Å²) in [5, 5.41) is 3.77. The fraction of sp³-hybridized carbons (Fsp3) is 0.0909. The van der Waals surface area contributed by atoms with Crippen molar-refractivity contribution in [1.29, 1.82) is 0 Å². The molecule has 0 unspecified atom stereocenters. The van der Waals surface area contributed by atoms with Crippen LogP contribution >= 0.6 is 23.8 Å². The lowest BCUT2D eigenvalue weighted by Crippen LogP contribution is -2.21. The quantitative estimate of drug-likeness (QED) is 0.462. The molecule has 1 amide bonds. The molecular formula is C22H17ClN4O3S. The van der Waals surface area contributed by atoms with E-state index in [4.69, 9.17) is 23.8 Å². The standard InChI is InChI=1S/C22H17ClN4O3S/c1-26-21(30)16-8-6-13(10-18(16)25-22(26)31)20(29)24-15-7-9-19(28)27(12-15)11-14-4-2-3-5-17(14)23/h2-10,12H,11H2,1H3,(H,24,29)(H,25,31). The van der Waals surface area contributed by atoms with Crippen molar-refractivity contribution in [3.63, 3.8) is 0 Å². The van der Waals surface area contributed by atoms with E-state index in [1.807, 2.05) is 18.2 Å². The Balaban J connectivity index is 1.62. The summed E-state index contributed by atoms with van der Waals surface area (Å²) >= 11 is 11.3. The minimum Gasteiger partial charge on any atom is -0.332 e. The van der Waals surface area contributed by atoms with Crippen LogP contribution in [0.3, 0.4) is 0 Å². The molecule has 0 spiro atoms. The number of nitrogens with zero attached hydrogens (tertiary/aromatic N) is 2.